The molecule has 3 N–H and O–H groups in total. The van der Waals surface area contributed by atoms with E-state index in [9.17, 15) is 9.90 Å². The van der Waals surface area contributed by atoms with Gasteiger partial charge < -0.3 is 20.5 Å². The number of hydrogen-bond acceptors (Lipinski definition) is 3. The van der Waals surface area contributed by atoms with E-state index in [1.54, 1.807) is 18.2 Å². The number of ether oxygens (including phenoxy) is 1. The Bertz CT molecular complexity index is 1030. The Morgan fingerprint density at radius 2 is 1.54 bits per heavy atom. The van der Waals surface area contributed by atoms with Gasteiger partial charge in [-0.1, -0.05) is 66.7 Å². The zero-order chi connectivity index (χ0) is 19.5. The first-order valence-corrected chi connectivity index (χ1v) is 8.97. The number of carbonyl (C=O) groups excluding carboxylic acids is 1. The molecule has 1 aliphatic heterocycles. The summed E-state index contributed by atoms with van der Waals surface area (Å²) in [6, 6.07) is 24.1. The van der Waals surface area contributed by atoms with Crippen molar-refractivity contribution in [2.45, 2.75) is 6.04 Å². The molecule has 0 spiro atoms. The molecule has 1 atom stereocenters. The number of hydrogen-bond donors (Lipinski definition) is 3. The molecule has 3 aromatic carbocycles. The lowest BCUT2D eigenvalue weighted by Gasteiger charge is -2.31. The molecule has 5 heteroatoms. The molecule has 4 rings (SSSR count). The van der Waals surface area contributed by atoms with Gasteiger partial charge in [0.15, 0.2) is 11.5 Å². The molecule has 0 saturated carbocycles. The average Bonchev–Trinajstić information content (AvgIpc) is 2.74. The zero-order valence-corrected chi connectivity index (χ0v) is 15.3. The van der Waals surface area contributed by atoms with Crippen LogP contribution in [0.25, 0.3) is 11.3 Å². The van der Waals surface area contributed by atoms with E-state index in [2.05, 4.69) is 10.6 Å². The Balaban J connectivity index is 1.95. The summed E-state index contributed by atoms with van der Waals surface area (Å²) in [5.74, 6) is 0.416. The predicted octanol–water partition coefficient (Wildman–Crippen LogP) is 4.32. The third kappa shape index (κ3) is 3.30. The number of carbonyl (C=O) groups is 1. The highest BCUT2D eigenvalue weighted by molar-refractivity contribution is 6.03. The monoisotopic (exact) mass is 372 g/mol. The average molecular weight is 372 g/mol. The summed E-state index contributed by atoms with van der Waals surface area (Å²) >= 11 is 0. The van der Waals surface area contributed by atoms with E-state index in [0.29, 0.717) is 5.75 Å². The SMILES string of the molecule is COc1cc(C2NC(=O)NC(c3ccccc3)=C2c2ccccc2)ccc1O. The molecule has 1 heterocycles. The Labute approximate surface area is 163 Å². The van der Waals surface area contributed by atoms with Crippen LogP contribution in [0, 0.1) is 0 Å². The standard InChI is InChI=1S/C23H20N2O3/c1-28-19-14-17(12-13-18(19)26)22-20(15-8-4-2-5-9-15)21(24-23(27)25-22)16-10-6-3-7-11-16/h2-14,22,26H,1H3,(H2,24,25,27). The number of amides is 2. The van der Waals surface area contributed by atoms with Gasteiger partial charge in [0.05, 0.1) is 18.8 Å². The van der Waals surface area contributed by atoms with Crippen molar-refractivity contribution in [1.29, 1.82) is 0 Å². The van der Waals surface area contributed by atoms with Crippen LogP contribution in [0.3, 0.4) is 0 Å². The molecule has 0 aliphatic carbocycles. The van der Waals surface area contributed by atoms with E-state index in [4.69, 9.17) is 4.74 Å². The highest BCUT2D eigenvalue weighted by Crippen LogP contribution is 2.40. The molecule has 5 nitrogen and oxygen atoms in total. The van der Waals surface area contributed by atoms with Crippen LogP contribution in [0.5, 0.6) is 11.5 Å². The summed E-state index contributed by atoms with van der Waals surface area (Å²) in [4.78, 5) is 12.5. The van der Waals surface area contributed by atoms with Crippen molar-refractivity contribution in [2.75, 3.05) is 7.11 Å². The highest BCUT2D eigenvalue weighted by atomic mass is 16.5. The molecule has 2 amide bonds. The van der Waals surface area contributed by atoms with Crippen LogP contribution in [0.4, 0.5) is 4.79 Å². The largest absolute Gasteiger partial charge is 0.504 e. The molecule has 0 saturated heterocycles. The zero-order valence-electron chi connectivity index (χ0n) is 15.3. The lowest BCUT2D eigenvalue weighted by Crippen LogP contribution is -2.42. The fourth-order valence-corrected chi connectivity index (χ4v) is 3.45. The fourth-order valence-electron chi connectivity index (χ4n) is 3.45. The molecule has 0 fully saturated rings. The number of methoxy groups -OCH3 is 1. The summed E-state index contributed by atoms with van der Waals surface area (Å²) in [5.41, 5.74) is 4.43. The summed E-state index contributed by atoms with van der Waals surface area (Å²) in [5, 5.41) is 15.9. The minimum absolute atomic E-state index is 0.0556. The van der Waals surface area contributed by atoms with Gasteiger partial charge in [0.2, 0.25) is 0 Å². The molecule has 0 radical (unpaired) electrons. The van der Waals surface area contributed by atoms with Gasteiger partial charge in [-0.25, -0.2) is 4.79 Å². The van der Waals surface area contributed by atoms with E-state index in [-0.39, 0.29) is 11.8 Å². The van der Waals surface area contributed by atoms with Crippen LogP contribution >= 0.6 is 0 Å². The maximum absolute atomic E-state index is 12.5. The predicted molar refractivity (Wildman–Crippen MR) is 109 cm³/mol. The molecule has 0 bridgehead atoms. The highest BCUT2D eigenvalue weighted by Gasteiger charge is 2.30. The second-order valence-electron chi connectivity index (χ2n) is 6.48. The van der Waals surface area contributed by atoms with Crippen molar-refractivity contribution >= 4 is 17.3 Å². The molecule has 1 aliphatic rings. The van der Waals surface area contributed by atoms with E-state index in [1.807, 2.05) is 60.7 Å². The van der Waals surface area contributed by atoms with Crippen LogP contribution in [0.1, 0.15) is 22.7 Å². The quantitative estimate of drug-likeness (QED) is 0.639. The minimum Gasteiger partial charge on any atom is -0.504 e. The van der Waals surface area contributed by atoms with Crippen LogP contribution < -0.4 is 15.4 Å². The van der Waals surface area contributed by atoms with Gasteiger partial charge in [-0.05, 0) is 28.8 Å². The minimum atomic E-state index is -0.402. The molecule has 1 unspecified atom stereocenters. The molecular weight excluding hydrogens is 352 g/mol. The van der Waals surface area contributed by atoms with Crippen molar-refractivity contribution in [3.8, 4) is 11.5 Å². The van der Waals surface area contributed by atoms with Crippen molar-refractivity contribution in [1.82, 2.24) is 10.6 Å². The van der Waals surface area contributed by atoms with Crippen LogP contribution in [0.2, 0.25) is 0 Å². The second-order valence-corrected chi connectivity index (χ2v) is 6.48. The van der Waals surface area contributed by atoms with Crippen LogP contribution in [0.15, 0.2) is 78.9 Å². The van der Waals surface area contributed by atoms with Gasteiger partial charge in [0, 0.05) is 5.57 Å². The van der Waals surface area contributed by atoms with Gasteiger partial charge in [0.1, 0.15) is 0 Å². The summed E-state index contributed by atoms with van der Waals surface area (Å²) < 4.78 is 5.26. The van der Waals surface area contributed by atoms with Gasteiger partial charge in [-0.15, -0.1) is 0 Å². The number of phenols is 1. The molecular formula is C23H20N2O3. The molecule has 28 heavy (non-hydrogen) atoms. The Kier molecular flexibility index (Phi) is 4.72. The summed E-state index contributed by atoms with van der Waals surface area (Å²) in [6.07, 6.45) is 0. The first kappa shape index (κ1) is 17.7. The lowest BCUT2D eigenvalue weighted by molar-refractivity contribution is 0.242. The summed E-state index contributed by atoms with van der Waals surface area (Å²) in [7, 11) is 1.50. The number of urea groups is 1. The maximum Gasteiger partial charge on any atom is 0.320 e. The van der Waals surface area contributed by atoms with Crippen LogP contribution in [-0.4, -0.2) is 18.2 Å². The van der Waals surface area contributed by atoms with Crippen molar-refractivity contribution in [3.63, 3.8) is 0 Å². The number of aromatic hydroxyl groups is 1. The van der Waals surface area contributed by atoms with Gasteiger partial charge in [-0.3, -0.25) is 0 Å². The Morgan fingerprint density at radius 1 is 0.893 bits per heavy atom. The number of phenolic OH excluding ortho intramolecular Hbond substituents is 1. The molecule has 0 aromatic heterocycles. The third-order valence-corrected chi connectivity index (χ3v) is 4.76. The second kappa shape index (κ2) is 7.48. The van der Waals surface area contributed by atoms with E-state index in [1.165, 1.54) is 7.11 Å². The van der Waals surface area contributed by atoms with E-state index >= 15 is 0 Å². The smallest absolute Gasteiger partial charge is 0.320 e. The topological polar surface area (TPSA) is 70.6 Å². The fraction of sp³-hybridized carbons (Fsp3) is 0.0870. The molecule has 3 aromatic rings. The van der Waals surface area contributed by atoms with Gasteiger partial charge in [-0.2, -0.15) is 0 Å². The van der Waals surface area contributed by atoms with E-state index < -0.39 is 6.04 Å². The number of benzene rings is 3. The first-order valence-electron chi connectivity index (χ1n) is 8.97. The Morgan fingerprint density at radius 3 is 2.18 bits per heavy atom. The van der Waals surface area contributed by atoms with Gasteiger partial charge in [0.25, 0.3) is 0 Å². The Hall–Kier alpha value is -3.73. The molecule has 140 valence electrons. The van der Waals surface area contributed by atoms with Gasteiger partial charge >= 0.3 is 6.03 Å². The first-order chi connectivity index (χ1) is 13.7. The van der Waals surface area contributed by atoms with Crippen molar-refractivity contribution < 1.29 is 14.6 Å². The summed E-state index contributed by atoms with van der Waals surface area (Å²) in [6.45, 7) is 0. The van der Waals surface area contributed by atoms with Crippen molar-refractivity contribution in [2.24, 2.45) is 0 Å². The number of nitrogens with one attached hydrogen (secondary N) is 2. The third-order valence-electron chi connectivity index (χ3n) is 4.76. The van der Waals surface area contributed by atoms with E-state index in [0.717, 1.165) is 28.0 Å². The lowest BCUT2D eigenvalue weighted by atomic mass is 9.88. The maximum atomic E-state index is 12.5. The number of rotatable bonds is 4. The van der Waals surface area contributed by atoms with Crippen LogP contribution in [-0.2, 0) is 0 Å². The normalized spacial score (nSPS) is 16.3. The van der Waals surface area contributed by atoms with Crippen molar-refractivity contribution in [3.05, 3.63) is 95.6 Å².